The van der Waals surface area contributed by atoms with Gasteiger partial charge in [0.05, 0.1) is 16.9 Å². The zero-order chi connectivity index (χ0) is 17.6. The van der Waals surface area contributed by atoms with Gasteiger partial charge in [-0.1, -0.05) is 18.2 Å². The maximum atomic E-state index is 11.9. The number of anilines is 1. The molecule has 126 valence electrons. The second-order valence-electron chi connectivity index (χ2n) is 5.12. The number of benzene rings is 1. The van der Waals surface area contributed by atoms with Crippen LogP contribution in [0.3, 0.4) is 0 Å². The van der Waals surface area contributed by atoms with Gasteiger partial charge in [0, 0.05) is 5.69 Å². The van der Waals surface area contributed by atoms with Gasteiger partial charge in [0.15, 0.2) is 5.76 Å². The first kappa shape index (κ1) is 16.7. The van der Waals surface area contributed by atoms with Crippen molar-refractivity contribution in [3.63, 3.8) is 0 Å². The van der Waals surface area contributed by atoms with Crippen LogP contribution in [0.5, 0.6) is 0 Å². The predicted molar refractivity (Wildman–Crippen MR) is 97.1 cm³/mol. The molecule has 6 nitrogen and oxygen atoms in total. The van der Waals surface area contributed by atoms with Crippen molar-refractivity contribution in [2.45, 2.75) is 6.92 Å². The Morgan fingerprint density at radius 1 is 1.04 bits per heavy atom. The van der Waals surface area contributed by atoms with Gasteiger partial charge in [-0.05, 0) is 48.2 Å². The van der Waals surface area contributed by atoms with E-state index in [1.54, 1.807) is 37.3 Å². The van der Waals surface area contributed by atoms with E-state index in [9.17, 15) is 9.59 Å². The molecule has 0 aliphatic rings. The first-order chi connectivity index (χ1) is 12.1. The number of hydrogen-bond donors (Lipinski definition) is 2. The Kier molecular flexibility index (Phi) is 5.06. The van der Waals surface area contributed by atoms with Crippen molar-refractivity contribution in [2.75, 3.05) is 5.32 Å². The molecule has 0 saturated carbocycles. The second kappa shape index (κ2) is 7.59. The Morgan fingerprint density at radius 2 is 1.84 bits per heavy atom. The molecule has 0 spiro atoms. The van der Waals surface area contributed by atoms with Gasteiger partial charge in [-0.15, -0.1) is 11.3 Å². The van der Waals surface area contributed by atoms with Crippen LogP contribution in [0.1, 0.15) is 32.7 Å². The molecule has 2 amide bonds. The summed E-state index contributed by atoms with van der Waals surface area (Å²) in [4.78, 5) is 24.4. The van der Waals surface area contributed by atoms with Gasteiger partial charge in [-0.25, -0.2) is 5.43 Å². The quantitative estimate of drug-likeness (QED) is 0.541. The van der Waals surface area contributed by atoms with Crippen LogP contribution in [0.4, 0.5) is 5.69 Å². The highest BCUT2D eigenvalue weighted by Gasteiger charge is 2.09. The number of carbonyl (C=O) groups is 2. The fraction of sp³-hybridized carbons (Fsp3) is 0.0556. The Labute approximate surface area is 148 Å². The minimum atomic E-state index is -0.314. The smallest absolute Gasteiger partial charge is 0.291 e. The third kappa shape index (κ3) is 4.21. The molecular weight excluding hydrogens is 338 g/mol. The van der Waals surface area contributed by atoms with Gasteiger partial charge >= 0.3 is 0 Å². The van der Waals surface area contributed by atoms with Crippen LogP contribution in [0.2, 0.25) is 0 Å². The molecule has 0 saturated heterocycles. The molecule has 2 aromatic heterocycles. The Bertz CT molecular complexity index is 882. The van der Waals surface area contributed by atoms with Crippen LogP contribution in [0.15, 0.2) is 69.7 Å². The van der Waals surface area contributed by atoms with Gasteiger partial charge in [0.1, 0.15) is 0 Å². The van der Waals surface area contributed by atoms with Crippen molar-refractivity contribution in [1.29, 1.82) is 0 Å². The zero-order valence-electron chi connectivity index (χ0n) is 13.4. The summed E-state index contributed by atoms with van der Waals surface area (Å²) in [5.74, 6) is -0.304. The Hall–Kier alpha value is -3.19. The molecule has 2 heterocycles. The third-order valence-corrected chi connectivity index (χ3v) is 4.24. The molecule has 0 aliphatic carbocycles. The summed E-state index contributed by atoms with van der Waals surface area (Å²) >= 11 is 1.36. The molecule has 2 N–H and O–H groups in total. The van der Waals surface area contributed by atoms with E-state index in [1.165, 1.54) is 17.6 Å². The molecule has 0 unspecified atom stereocenters. The minimum absolute atomic E-state index is 0.239. The van der Waals surface area contributed by atoms with E-state index in [1.807, 2.05) is 23.6 Å². The van der Waals surface area contributed by atoms with E-state index in [-0.39, 0.29) is 17.6 Å². The number of nitrogens with one attached hydrogen (secondary N) is 2. The van der Waals surface area contributed by atoms with Crippen molar-refractivity contribution < 1.29 is 14.0 Å². The molecule has 0 atom stereocenters. The van der Waals surface area contributed by atoms with Crippen LogP contribution >= 0.6 is 11.3 Å². The summed E-state index contributed by atoms with van der Waals surface area (Å²) in [6.45, 7) is 1.80. The first-order valence-corrected chi connectivity index (χ1v) is 8.35. The van der Waals surface area contributed by atoms with Gasteiger partial charge < -0.3 is 9.73 Å². The monoisotopic (exact) mass is 353 g/mol. The van der Waals surface area contributed by atoms with Crippen molar-refractivity contribution in [3.05, 3.63) is 76.4 Å². The highest BCUT2D eigenvalue weighted by Crippen LogP contribution is 2.13. The standard InChI is InChI=1S/C18H15N3O3S/c1-12(20-21-18(23)16-5-3-11-25-16)13-6-8-14(9-7-13)19-17(22)15-4-2-10-24-15/h2-11H,1H3,(H,19,22)(H,21,23). The molecular formula is C18H15N3O3S. The predicted octanol–water partition coefficient (Wildman–Crippen LogP) is 3.75. The Balaban J connectivity index is 1.62. The number of nitrogens with zero attached hydrogens (tertiary/aromatic N) is 1. The lowest BCUT2D eigenvalue weighted by molar-refractivity contribution is 0.0957. The number of amides is 2. The van der Waals surface area contributed by atoms with Gasteiger partial charge in [-0.2, -0.15) is 5.10 Å². The molecule has 0 bridgehead atoms. The normalized spacial score (nSPS) is 11.2. The zero-order valence-corrected chi connectivity index (χ0v) is 14.2. The summed E-state index contributed by atoms with van der Waals surface area (Å²) in [5.41, 5.74) is 4.66. The van der Waals surface area contributed by atoms with E-state index in [4.69, 9.17) is 4.42 Å². The summed E-state index contributed by atoms with van der Waals surface area (Å²) in [6.07, 6.45) is 1.45. The number of hydrogen-bond acceptors (Lipinski definition) is 5. The minimum Gasteiger partial charge on any atom is -0.459 e. The van der Waals surface area contributed by atoms with Crippen molar-refractivity contribution in [3.8, 4) is 0 Å². The average Bonchev–Trinajstić information content (AvgIpc) is 3.33. The topological polar surface area (TPSA) is 83.7 Å². The Morgan fingerprint density at radius 3 is 2.48 bits per heavy atom. The van der Waals surface area contributed by atoms with Crippen LogP contribution in [0, 0.1) is 0 Å². The SMILES string of the molecule is CC(=NNC(=O)c1cccs1)c1ccc(NC(=O)c2ccco2)cc1. The van der Waals surface area contributed by atoms with Gasteiger partial charge in [-0.3, -0.25) is 9.59 Å². The number of rotatable bonds is 5. The average molecular weight is 353 g/mol. The summed E-state index contributed by atoms with van der Waals surface area (Å²) < 4.78 is 5.04. The van der Waals surface area contributed by atoms with Crippen molar-refractivity contribution in [1.82, 2.24) is 5.43 Å². The molecule has 3 rings (SSSR count). The molecule has 3 aromatic rings. The molecule has 0 aliphatic heterocycles. The maximum Gasteiger partial charge on any atom is 0.291 e. The van der Waals surface area contributed by atoms with E-state index in [2.05, 4.69) is 15.8 Å². The molecule has 7 heteroatoms. The highest BCUT2D eigenvalue weighted by atomic mass is 32.1. The second-order valence-corrected chi connectivity index (χ2v) is 6.07. The van der Waals surface area contributed by atoms with Crippen LogP contribution < -0.4 is 10.7 Å². The molecule has 1 aromatic carbocycles. The van der Waals surface area contributed by atoms with E-state index >= 15 is 0 Å². The lowest BCUT2D eigenvalue weighted by Gasteiger charge is -2.05. The van der Waals surface area contributed by atoms with E-state index < -0.39 is 0 Å². The fourth-order valence-electron chi connectivity index (χ4n) is 2.06. The molecule has 25 heavy (non-hydrogen) atoms. The van der Waals surface area contributed by atoms with E-state index in [0.29, 0.717) is 16.3 Å². The number of hydrazone groups is 1. The number of carbonyl (C=O) groups excluding carboxylic acids is 2. The van der Waals surface area contributed by atoms with Gasteiger partial charge in [0.2, 0.25) is 0 Å². The molecule has 0 fully saturated rings. The number of furan rings is 1. The maximum absolute atomic E-state index is 11.9. The fourth-order valence-corrected chi connectivity index (χ4v) is 2.67. The van der Waals surface area contributed by atoms with Crippen molar-refractivity contribution >= 4 is 34.6 Å². The van der Waals surface area contributed by atoms with Crippen LogP contribution in [0.25, 0.3) is 0 Å². The van der Waals surface area contributed by atoms with Crippen LogP contribution in [-0.2, 0) is 0 Å². The lowest BCUT2D eigenvalue weighted by Crippen LogP contribution is -2.18. The highest BCUT2D eigenvalue weighted by molar-refractivity contribution is 7.12. The summed E-state index contributed by atoms with van der Waals surface area (Å²) in [5, 5.41) is 8.68. The summed E-state index contributed by atoms with van der Waals surface area (Å²) in [7, 11) is 0. The van der Waals surface area contributed by atoms with Crippen LogP contribution in [-0.4, -0.2) is 17.5 Å². The third-order valence-electron chi connectivity index (χ3n) is 3.38. The van der Waals surface area contributed by atoms with E-state index in [0.717, 1.165) is 5.56 Å². The lowest BCUT2D eigenvalue weighted by atomic mass is 10.1. The van der Waals surface area contributed by atoms with Crippen molar-refractivity contribution in [2.24, 2.45) is 5.10 Å². The number of thiophene rings is 1. The summed E-state index contributed by atoms with van der Waals surface area (Å²) in [6, 6.07) is 13.9. The van der Waals surface area contributed by atoms with Gasteiger partial charge in [0.25, 0.3) is 11.8 Å². The largest absolute Gasteiger partial charge is 0.459 e. The first-order valence-electron chi connectivity index (χ1n) is 7.47. The molecule has 0 radical (unpaired) electrons.